The van der Waals surface area contributed by atoms with Gasteiger partial charge >= 0.3 is 0 Å². The molecule has 2 aromatic carbocycles. The van der Waals surface area contributed by atoms with Gasteiger partial charge in [-0.05, 0) is 30.7 Å². The second-order valence-electron chi connectivity index (χ2n) is 6.09. The van der Waals surface area contributed by atoms with Crippen molar-refractivity contribution in [2.75, 3.05) is 7.11 Å². The number of carbonyl (C=O) groups excluding carboxylic acids is 1. The SMILES string of the molecule is COc1cccc(-c2nc(/C=C(\C#N)C(=O)NC(C)c3ccccc3)cs2)c1. The van der Waals surface area contributed by atoms with Gasteiger partial charge in [0.15, 0.2) is 0 Å². The molecule has 3 rings (SSSR count). The first kappa shape index (κ1) is 19.3. The number of thiazole rings is 1. The van der Waals surface area contributed by atoms with Crippen LogP contribution in [0.5, 0.6) is 5.75 Å². The average molecular weight is 389 g/mol. The van der Waals surface area contributed by atoms with E-state index in [9.17, 15) is 10.1 Å². The Balaban J connectivity index is 1.76. The summed E-state index contributed by atoms with van der Waals surface area (Å²) >= 11 is 1.44. The van der Waals surface area contributed by atoms with E-state index in [0.717, 1.165) is 21.9 Å². The Morgan fingerprint density at radius 2 is 2.04 bits per heavy atom. The predicted octanol–water partition coefficient (Wildman–Crippen LogP) is 4.60. The molecule has 0 spiro atoms. The van der Waals surface area contributed by atoms with Gasteiger partial charge in [-0.25, -0.2) is 4.98 Å². The topological polar surface area (TPSA) is 75.0 Å². The number of hydrogen-bond acceptors (Lipinski definition) is 5. The van der Waals surface area contributed by atoms with Crippen LogP contribution in [0.1, 0.15) is 24.2 Å². The van der Waals surface area contributed by atoms with Gasteiger partial charge in [0.25, 0.3) is 5.91 Å². The van der Waals surface area contributed by atoms with Crippen molar-refractivity contribution < 1.29 is 9.53 Å². The first-order valence-corrected chi connectivity index (χ1v) is 9.56. The highest BCUT2D eigenvalue weighted by atomic mass is 32.1. The number of rotatable bonds is 6. The van der Waals surface area contributed by atoms with Gasteiger partial charge < -0.3 is 10.1 Å². The molecule has 3 aromatic rings. The second-order valence-corrected chi connectivity index (χ2v) is 6.94. The van der Waals surface area contributed by atoms with Crippen molar-refractivity contribution in [1.82, 2.24) is 10.3 Å². The van der Waals surface area contributed by atoms with Crippen LogP contribution in [0, 0.1) is 11.3 Å². The van der Waals surface area contributed by atoms with Gasteiger partial charge in [0, 0.05) is 10.9 Å². The zero-order valence-corrected chi connectivity index (χ0v) is 16.4. The van der Waals surface area contributed by atoms with Crippen LogP contribution in [0.4, 0.5) is 0 Å². The Labute approximate surface area is 167 Å². The normalized spacial score (nSPS) is 12.1. The van der Waals surface area contributed by atoms with Crippen LogP contribution < -0.4 is 10.1 Å². The first-order chi connectivity index (χ1) is 13.6. The third kappa shape index (κ3) is 4.64. The zero-order chi connectivity index (χ0) is 19.9. The number of nitrogens with one attached hydrogen (secondary N) is 1. The Kier molecular flexibility index (Phi) is 6.20. The van der Waals surface area contributed by atoms with E-state index in [4.69, 9.17) is 4.74 Å². The standard InChI is InChI=1S/C22H19N3O2S/c1-15(16-7-4-3-5-8-16)24-21(26)18(13-23)11-19-14-28-22(25-19)17-9-6-10-20(12-17)27-2/h3-12,14-15H,1-2H3,(H,24,26)/b18-11+. The molecule has 1 atom stereocenters. The summed E-state index contributed by atoms with van der Waals surface area (Å²) < 4.78 is 5.24. The Morgan fingerprint density at radius 1 is 1.25 bits per heavy atom. The number of benzene rings is 2. The van der Waals surface area contributed by atoms with E-state index in [1.165, 1.54) is 17.4 Å². The fourth-order valence-electron chi connectivity index (χ4n) is 2.64. The van der Waals surface area contributed by atoms with Crippen LogP contribution in [-0.4, -0.2) is 18.0 Å². The third-order valence-electron chi connectivity index (χ3n) is 4.14. The van der Waals surface area contributed by atoms with E-state index >= 15 is 0 Å². The van der Waals surface area contributed by atoms with Crippen LogP contribution in [0.15, 0.2) is 65.6 Å². The van der Waals surface area contributed by atoms with Gasteiger partial charge in [-0.3, -0.25) is 4.79 Å². The number of ether oxygens (including phenoxy) is 1. The molecule has 5 nitrogen and oxygen atoms in total. The lowest BCUT2D eigenvalue weighted by Crippen LogP contribution is -2.27. The number of nitrogens with zero attached hydrogens (tertiary/aromatic N) is 2. The van der Waals surface area contributed by atoms with Crippen molar-refractivity contribution in [1.29, 1.82) is 5.26 Å². The molecular weight excluding hydrogens is 370 g/mol. The third-order valence-corrected chi connectivity index (χ3v) is 5.05. The maximum atomic E-state index is 12.5. The highest BCUT2D eigenvalue weighted by molar-refractivity contribution is 7.13. The molecular formula is C22H19N3O2S. The molecule has 1 amide bonds. The molecule has 1 unspecified atom stereocenters. The number of amides is 1. The predicted molar refractivity (Wildman–Crippen MR) is 111 cm³/mol. The molecule has 0 radical (unpaired) electrons. The summed E-state index contributed by atoms with van der Waals surface area (Å²) in [7, 11) is 1.61. The number of carbonyl (C=O) groups is 1. The van der Waals surface area contributed by atoms with Crippen molar-refractivity contribution in [3.05, 3.63) is 76.8 Å². The number of nitriles is 1. The molecule has 0 fully saturated rings. The summed E-state index contributed by atoms with van der Waals surface area (Å²) in [6.07, 6.45) is 1.51. The van der Waals surface area contributed by atoms with Gasteiger partial charge in [-0.1, -0.05) is 42.5 Å². The Bertz CT molecular complexity index is 1040. The quantitative estimate of drug-likeness (QED) is 0.494. The molecule has 0 bridgehead atoms. The van der Waals surface area contributed by atoms with Gasteiger partial charge in [-0.2, -0.15) is 5.26 Å². The highest BCUT2D eigenvalue weighted by Gasteiger charge is 2.14. The van der Waals surface area contributed by atoms with E-state index in [1.807, 2.05) is 73.0 Å². The molecule has 28 heavy (non-hydrogen) atoms. The number of aromatic nitrogens is 1. The minimum Gasteiger partial charge on any atom is -0.497 e. The lowest BCUT2D eigenvalue weighted by Gasteiger charge is -2.13. The molecule has 6 heteroatoms. The van der Waals surface area contributed by atoms with Gasteiger partial charge in [-0.15, -0.1) is 11.3 Å². The second kappa shape index (κ2) is 8.98. The smallest absolute Gasteiger partial charge is 0.262 e. The first-order valence-electron chi connectivity index (χ1n) is 8.68. The minimum atomic E-state index is -0.421. The number of hydrogen-bond donors (Lipinski definition) is 1. The van der Waals surface area contributed by atoms with Gasteiger partial charge in [0.05, 0.1) is 18.8 Å². The van der Waals surface area contributed by atoms with Crippen LogP contribution in [-0.2, 0) is 4.79 Å². The van der Waals surface area contributed by atoms with Gasteiger partial charge in [0.2, 0.25) is 0 Å². The summed E-state index contributed by atoms with van der Waals surface area (Å²) in [5.74, 6) is 0.326. The molecule has 1 heterocycles. The molecule has 0 aliphatic carbocycles. The monoisotopic (exact) mass is 389 g/mol. The molecule has 0 saturated carbocycles. The van der Waals surface area contributed by atoms with E-state index in [2.05, 4.69) is 10.3 Å². The van der Waals surface area contributed by atoms with Crippen molar-refractivity contribution in [3.63, 3.8) is 0 Å². The fraction of sp³-hybridized carbons (Fsp3) is 0.136. The van der Waals surface area contributed by atoms with Crippen LogP contribution >= 0.6 is 11.3 Å². The maximum Gasteiger partial charge on any atom is 0.262 e. The number of methoxy groups -OCH3 is 1. The average Bonchev–Trinajstić information content (AvgIpc) is 3.21. The minimum absolute atomic E-state index is 0.0188. The summed E-state index contributed by atoms with van der Waals surface area (Å²) in [6.45, 7) is 1.88. The molecule has 0 aliphatic heterocycles. The van der Waals surface area contributed by atoms with E-state index in [1.54, 1.807) is 7.11 Å². The molecule has 1 aromatic heterocycles. The lowest BCUT2D eigenvalue weighted by molar-refractivity contribution is -0.117. The maximum absolute atomic E-state index is 12.5. The molecule has 1 N–H and O–H groups in total. The summed E-state index contributed by atoms with van der Waals surface area (Å²) in [5, 5.41) is 14.9. The molecule has 140 valence electrons. The molecule has 0 saturated heterocycles. The Morgan fingerprint density at radius 3 is 2.75 bits per heavy atom. The fourth-order valence-corrected chi connectivity index (χ4v) is 3.41. The summed E-state index contributed by atoms with van der Waals surface area (Å²) in [6, 6.07) is 19.0. The van der Waals surface area contributed by atoms with E-state index in [-0.39, 0.29) is 11.6 Å². The van der Waals surface area contributed by atoms with Crippen molar-refractivity contribution in [3.8, 4) is 22.4 Å². The van der Waals surface area contributed by atoms with Gasteiger partial charge in [0.1, 0.15) is 22.4 Å². The van der Waals surface area contributed by atoms with Crippen molar-refractivity contribution in [2.45, 2.75) is 13.0 Å². The van der Waals surface area contributed by atoms with Crippen LogP contribution in [0.3, 0.4) is 0 Å². The van der Waals surface area contributed by atoms with E-state index in [0.29, 0.717) is 5.69 Å². The van der Waals surface area contributed by atoms with Crippen molar-refractivity contribution in [2.24, 2.45) is 0 Å². The van der Waals surface area contributed by atoms with E-state index < -0.39 is 5.91 Å². The zero-order valence-electron chi connectivity index (χ0n) is 15.5. The van der Waals surface area contributed by atoms with Crippen LogP contribution in [0.25, 0.3) is 16.6 Å². The van der Waals surface area contributed by atoms with Crippen LogP contribution in [0.2, 0.25) is 0 Å². The summed E-state index contributed by atoms with van der Waals surface area (Å²) in [4.78, 5) is 17.0. The Hall–Kier alpha value is -3.43. The highest BCUT2D eigenvalue weighted by Crippen LogP contribution is 2.27. The van der Waals surface area contributed by atoms with Crippen molar-refractivity contribution >= 4 is 23.3 Å². The largest absolute Gasteiger partial charge is 0.497 e. The molecule has 0 aliphatic rings. The lowest BCUT2D eigenvalue weighted by atomic mass is 10.1. The summed E-state index contributed by atoms with van der Waals surface area (Å²) in [5.41, 5.74) is 2.49.